The average Bonchev–Trinajstić information content (AvgIpc) is 1.65. The highest BCUT2D eigenvalue weighted by Crippen LogP contribution is 1.83. The Morgan fingerprint density at radius 1 is 2.00 bits per heavy atom. The van der Waals surface area contributed by atoms with Crippen molar-refractivity contribution in [3.8, 4) is 0 Å². The van der Waals surface area contributed by atoms with Gasteiger partial charge in [0.2, 0.25) is 0 Å². The number of aldehydes is 1. The number of carbonyl (C=O) groups is 1. The fourth-order valence-electron chi connectivity index (χ4n) is 0.0556. The van der Waals surface area contributed by atoms with E-state index in [9.17, 15) is 4.79 Å². The third kappa shape index (κ3) is 2.31. The Morgan fingerprint density at radius 2 is 2.50 bits per heavy atom. The van der Waals surface area contributed by atoms with Gasteiger partial charge in [-0.2, -0.15) is 0 Å². The van der Waals surface area contributed by atoms with E-state index >= 15 is 0 Å². The van der Waals surface area contributed by atoms with Gasteiger partial charge in [0.05, 0.1) is 0 Å². The zero-order valence-corrected chi connectivity index (χ0v) is 4.45. The first-order chi connectivity index (χ1) is 2.81. The summed E-state index contributed by atoms with van der Waals surface area (Å²) in [5, 5.41) is 8.28. The number of hydrogen-bond acceptors (Lipinski definition) is 2. The first-order valence-electron chi connectivity index (χ1n) is 1.64. The van der Waals surface area contributed by atoms with Crippen LogP contribution in [-0.2, 0) is 4.79 Å². The molecule has 6 heavy (non-hydrogen) atoms. The Hall–Kier alpha value is 0.0600. The van der Waals surface area contributed by atoms with Crippen LogP contribution in [0.25, 0.3) is 0 Å². The lowest BCUT2D eigenvalue weighted by Crippen LogP contribution is -2.07. The van der Waals surface area contributed by atoms with Crippen LogP contribution in [0.1, 0.15) is 0 Å². The first kappa shape index (κ1) is 6.06. The van der Waals surface area contributed by atoms with Gasteiger partial charge >= 0.3 is 0 Å². The Bertz CT molecular complexity index is 46.1. The van der Waals surface area contributed by atoms with Crippen LogP contribution in [0.5, 0.6) is 0 Å². The standard InChI is InChI=1S/C3H7O2P/c4-1-3(5)2-6/h1,3,5H,2,6H2. The van der Waals surface area contributed by atoms with E-state index in [-0.39, 0.29) is 0 Å². The summed E-state index contributed by atoms with van der Waals surface area (Å²) in [6, 6.07) is 0. The smallest absolute Gasteiger partial charge is 0.148 e. The van der Waals surface area contributed by atoms with Crippen LogP contribution < -0.4 is 0 Å². The van der Waals surface area contributed by atoms with Crippen LogP contribution in [0.3, 0.4) is 0 Å². The maximum Gasteiger partial charge on any atom is 0.148 e. The van der Waals surface area contributed by atoms with Crippen LogP contribution in [0.4, 0.5) is 0 Å². The highest BCUT2D eigenvalue weighted by atomic mass is 31.0. The zero-order chi connectivity index (χ0) is 4.99. The number of carbonyl (C=O) groups excluding carboxylic acids is 1. The molecular formula is C3H7O2P. The number of aliphatic hydroxyl groups is 1. The van der Waals surface area contributed by atoms with Crippen molar-refractivity contribution in [2.75, 3.05) is 6.16 Å². The van der Waals surface area contributed by atoms with Crippen molar-refractivity contribution in [2.24, 2.45) is 0 Å². The summed E-state index contributed by atoms with van der Waals surface area (Å²) in [6.07, 6.45) is 0.159. The van der Waals surface area contributed by atoms with E-state index in [1.807, 2.05) is 0 Å². The average molecular weight is 106 g/mol. The summed E-state index contributed by atoms with van der Waals surface area (Å²) in [6.45, 7) is 0. The maximum atomic E-state index is 9.47. The lowest BCUT2D eigenvalue weighted by Gasteiger charge is -1.89. The third-order valence-corrected chi connectivity index (χ3v) is 0.882. The van der Waals surface area contributed by atoms with Gasteiger partial charge in [-0.25, -0.2) is 0 Å². The van der Waals surface area contributed by atoms with Gasteiger partial charge in [-0.15, -0.1) is 9.24 Å². The molecule has 2 atom stereocenters. The maximum absolute atomic E-state index is 9.47. The van der Waals surface area contributed by atoms with Crippen molar-refractivity contribution in [2.45, 2.75) is 6.10 Å². The number of aliphatic hydroxyl groups excluding tert-OH is 1. The Kier molecular flexibility index (Phi) is 3.29. The minimum absolute atomic E-state index is 0.434. The van der Waals surface area contributed by atoms with E-state index in [4.69, 9.17) is 5.11 Å². The van der Waals surface area contributed by atoms with Crippen LogP contribution in [0, 0.1) is 0 Å². The van der Waals surface area contributed by atoms with E-state index < -0.39 is 6.10 Å². The lowest BCUT2D eigenvalue weighted by atomic mass is 10.5. The van der Waals surface area contributed by atoms with Crippen molar-refractivity contribution >= 4 is 15.5 Å². The van der Waals surface area contributed by atoms with E-state index in [2.05, 4.69) is 9.24 Å². The van der Waals surface area contributed by atoms with E-state index in [0.717, 1.165) is 0 Å². The van der Waals surface area contributed by atoms with Gasteiger partial charge in [-0.05, 0) is 6.16 Å². The van der Waals surface area contributed by atoms with Crippen LogP contribution in [0.15, 0.2) is 0 Å². The largest absolute Gasteiger partial charge is 0.385 e. The van der Waals surface area contributed by atoms with Crippen LogP contribution in [0.2, 0.25) is 0 Å². The third-order valence-electron chi connectivity index (χ3n) is 0.399. The van der Waals surface area contributed by atoms with Crippen molar-refractivity contribution < 1.29 is 9.90 Å². The van der Waals surface area contributed by atoms with Gasteiger partial charge in [-0.1, -0.05) is 0 Å². The Morgan fingerprint density at radius 3 is 2.50 bits per heavy atom. The zero-order valence-electron chi connectivity index (χ0n) is 3.29. The molecule has 2 nitrogen and oxygen atoms in total. The molecule has 36 valence electrons. The molecule has 1 N–H and O–H groups in total. The summed E-state index contributed by atoms with van der Waals surface area (Å²) in [7, 11) is 2.26. The van der Waals surface area contributed by atoms with Gasteiger partial charge in [0.15, 0.2) is 0 Å². The second-order valence-electron chi connectivity index (χ2n) is 0.939. The molecule has 0 radical (unpaired) electrons. The topological polar surface area (TPSA) is 37.3 Å². The van der Waals surface area contributed by atoms with Crippen LogP contribution >= 0.6 is 9.24 Å². The van der Waals surface area contributed by atoms with Crippen molar-refractivity contribution in [1.82, 2.24) is 0 Å². The van der Waals surface area contributed by atoms with Gasteiger partial charge < -0.3 is 9.90 Å². The number of hydrogen-bond donors (Lipinski definition) is 1. The molecule has 0 heterocycles. The second kappa shape index (κ2) is 3.26. The minimum atomic E-state index is -0.782. The fourth-order valence-corrected chi connectivity index (χ4v) is 0.167. The SMILES string of the molecule is O=CC(O)CP. The van der Waals surface area contributed by atoms with Gasteiger partial charge in [-0.3, -0.25) is 0 Å². The normalized spacial score (nSPS) is 13.7. The predicted molar refractivity (Wildman–Crippen MR) is 26.6 cm³/mol. The molecular weight excluding hydrogens is 99.0 g/mol. The van der Waals surface area contributed by atoms with Gasteiger partial charge in [0, 0.05) is 0 Å². The molecule has 0 spiro atoms. The molecule has 0 aliphatic rings. The Labute approximate surface area is 38.8 Å². The molecule has 2 unspecified atom stereocenters. The molecule has 0 aromatic carbocycles. The Balaban J connectivity index is 2.96. The monoisotopic (exact) mass is 106 g/mol. The molecule has 0 fully saturated rings. The molecule has 0 saturated heterocycles. The molecule has 0 aromatic rings. The highest BCUT2D eigenvalue weighted by molar-refractivity contribution is 7.16. The highest BCUT2D eigenvalue weighted by Gasteiger charge is 1.91. The number of rotatable bonds is 2. The molecule has 0 aromatic heterocycles. The quantitative estimate of drug-likeness (QED) is 0.377. The van der Waals surface area contributed by atoms with E-state index in [1.165, 1.54) is 0 Å². The molecule has 3 heteroatoms. The fraction of sp³-hybridized carbons (Fsp3) is 0.667. The minimum Gasteiger partial charge on any atom is -0.385 e. The van der Waals surface area contributed by atoms with E-state index in [1.54, 1.807) is 0 Å². The summed E-state index contributed by atoms with van der Waals surface area (Å²) in [5.74, 6) is 0. The summed E-state index contributed by atoms with van der Waals surface area (Å²) in [5.41, 5.74) is 0. The first-order valence-corrected chi connectivity index (χ1v) is 2.46. The molecule has 0 amide bonds. The second-order valence-corrected chi connectivity index (χ2v) is 1.41. The summed E-state index contributed by atoms with van der Waals surface area (Å²) in [4.78, 5) is 9.47. The molecule has 0 saturated carbocycles. The molecule has 0 aliphatic carbocycles. The van der Waals surface area contributed by atoms with Gasteiger partial charge in [0.25, 0.3) is 0 Å². The molecule has 0 aliphatic heterocycles. The molecule has 0 rings (SSSR count). The van der Waals surface area contributed by atoms with Crippen molar-refractivity contribution in [3.63, 3.8) is 0 Å². The summed E-state index contributed by atoms with van der Waals surface area (Å²) >= 11 is 0. The van der Waals surface area contributed by atoms with Crippen LogP contribution in [-0.4, -0.2) is 23.7 Å². The van der Waals surface area contributed by atoms with E-state index in [0.29, 0.717) is 12.4 Å². The van der Waals surface area contributed by atoms with Crippen molar-refractivity contribution in [1.29, 1.82) is 0 Å². The van der Waals surface area contributed by atoms with Gasteiger partial charge in [0.1, 0.15) is 12.4 Å². The molecule has 0 bridgehead atoms. The summed E-state index contributed by atoms with van der Waals surface area (Å²) < 4.78 is 0. The predicted octanol–water partition coefficient (Wildman–Crippen LogP) is -0.579. The van der Waals surface area contributed by atoms with Crippen molar-refractivity contribution in [3.05, 3.63) is 0 Å². The lowest BCUT2D eigenvalue weighted by molar-refractivity contribution is -0.113.